The summed E-state index contributed by atoms with van der Waals surface area (Å²) in [6.07, 6.45) is 33.5. The molecule has 0 amide bonds. The lowest BCUT2D eigenvalue weighted by atomic mass is 9.47. The number of benzene rings is 2. The second-order valence-electron chi connectivity index (χ2n) is 21.4. The molecule has 0 N–H and O–H groups in total. The molecule has 5 nitrogen and oxygen atoms in total. The van der Waals surface area contributed by atoms with Crippen molar-refractivity contribution >= 4 is 17.8 Å². The van der Waals surface area contributed by atoms with E-state index in [1.807, 2.05) is 54.6 Å². The number of ether oxygens (including phenoxy) is 3. The second kappa shape index (κ2) is 24.3. The van der Waals surface area contributed by atoms with E-state index in [1.165, 1.54) is 96.3 Å². The first kappa shape index (κ1) is 49.1. The first-order chi connectivity index (χ1) is 30.5. The Morgan fingerprint density at radius 1 is 0.746 bits per heavy atom. The highest BCUT2D eigenvalue weighted by atomic mass is 16.5. The Labute approximate surface area is 384 Å². The van der Waals surface area contributed by atoms with Crippen LogP contribution in [0.25, 0.3) is 6.08 Å². The molecule has 8 atom stereocenters. The monoisotopic (exact) mass is 863 g/mol. The maximum atomic E-state index is 13.0. The number of hydrogen-bond donors (Lipinski definition) is 0. The largest absolute Gasteiger partial charge is 0.494 e. The normalized spacial score (nSPS) is 27.0. The number of unbranched alkanes of at least 4 members (excludes halogenated alkanes) is 9. The number of rotatable bonds is 26. The van der Waals surface area contributed by atoms with Gasteiger partial charge in [-0.3, -0.25) is 9.59 Å². The van der Waals surface area contributed by atoms with Gasteiger partial charge in [-0.1, -0.05) is 148 Å². The third-order valence-electron chi connectivity index (χ3n) is 16.5. The van der Waals surface area contributed by atoms with Crippen molar-refractivity contribution in [1.82, 2.24) is 0 Å². The predicted octanol–water partition coefficient (Wildman–Crippen LogP) is 16.0. The molecule has 2 aromatic carbocycles. The molecule has 5 heteroatoms. The van der Waals surface area contributed by atoms with Crippen molar-refractivity contribution < 1.29 is 23.8 Å². The Morgan fingerprint density at radius 2 is 1.46 bits per heavy atom. The molecule has 2 aromatic rings. The molecule has 0 aromatic heterocycles. The zero-order valence-corrected chi connectivity index (χ0v) is 40.6. The number of ketones is 1. The highest BCUT2D eigenvalue weighted by Crippen LogP contribution is 2.67. The number of carbonyl (C=O) groups is 2. The molecule has 0 spiro atoms. The first-order valence-electron chi connectivity index (χ1n) is 26.1. The number of allylic oxidation sites excluding steroid dienone is 2. The molecular formula is C58H86O5. The molecule has 4 aliphatic rings. The summed E-state index contributed by atoms with van der Waals surface area (Å²) in [7, 11) is 0. The molecule has 4 aliphatic carbocycles. The van der Waals surface area contributed by atoms with Crippen molar-refractivity contribution in [2.24, 2.45) is 46.3 Å². The van der Waals surface area contributed by atoms with Gasteiger partial charge < -0.3 is 14.2 Å². The van der Waals surface area contributed by atoms with Crippen LogP contribution in [0.5, 0.6) is 11.5 Å². The molecule has 3 saturated carbocycles. The lowest BCUT2D eigenvalue weighted by molar-refractivity contribution is -0.151. The van der Waals surface area contributed by atoms with Gasteiger partial charge in [0.25, 0.3) is 0 Å². The van der Waals surface area contributed by atoms with Crippen molar-refractivity contribution in [3.05, 3.63) is 77.4 Å². The molecule has 0 unspecified atom stereocenters. The Morgan fingerprint density at radius 3 is 2.21 bits per heavy atom. The average Bonchev–Trinajstić information content (AvgIpc) is 3.64. The van der Waals surface area contributed by atoms with E-state index in [9.17, 15) is 9.59 Å². The molecule has 0 bridgehead atoms. The summed E-state index contributed by atoms with van der Waals surface area (Å²) >= 11 is 0. The van der Waals surface area contributed by atoms with Crippen molar-refractivity contribution in [1.29, 1.82) is 0 Å². The van der Waals surface area contributed by atoms with E-state index in [0.717, 1.165) is 98.4 Å². The van der Waals surface area contributed by atoms with E-state index in [-0.39, 0.29) is 23.3 Å². The van der Waals surface area contributed by atoms with Crippen LogP contribution in [0.4, 0.5) is 0 Å². The Bertz CT molecular complexity index is 1770. The number of fused-ring (bicyclic) bond motifs is 5. The van der Waals surface area contributed by atoms with E-state index < -0.39 is 0 Å². The number of carbonyl (C=O) groups excluding carboxylic acids is 2. The molecular weight excluding hydrogens is 777 g/mol. The Balaban J connectivity index is 0.849. The van der Waals surface area contributed by atoms with Crippen LogP contribution < -0.4 is 9.47 Å². The number of esters is 1. The SMILES string of the molecule is CCCCCCCCCCOc1ccc(/C=C/C(=O)c2cccc(OCCCCCC(=O)O[C@H]3CC[C@@]4(C)C(=CC[C@H]5[C@@H]6CC[C@H]([C@H](C)CCCC(C)C)[C@@]6(C)CC[C@@H]54)C3)c2)cc1. The van der Waals surface area contributed by atoms with E-state index in [2.05, 4.69) is 47.6 Å². The maximum Gasteiger partial charge on any atom is 0.306 e. The zero-order chi connectivity index (χ0) is 44.7. The molecule has 0 radical (unpaired) electrons. The maximum absolute atomic E-state index is 13.0. The van der Waals surface area contributed by atoms with E-state index in [4.69, 9.17) is 14.2 Å². The van der Waals surface area contributed by atoms with Gasteiger partial charge in [-0.2, -0.15) is 0 Å². The molecule has 3 fully saturated rings. The summed E-state index contributed by atoms with van der Waals surface area (Å²) in [6, 6.07) is 15.3. The summed E-state index contributed by atoms with van der Waals surface area (Å²) in [5.41, 5.74) is 3.94. The van der Waals surface area contributed by atoms with Crippen molar-refractivity contribution in [2.75, 3.05) is 13.2 Å². The minimum absolute atomic E-state index is 0.0207. The summed E-state index contributed by atoms with van der Waals surface area (Å²) in [6.45, 7) is 16.1. The van der Waals surface area contributed by atoms with Gasteiger partial charge in [0.2, 0.25) is 0 Å². The average molecular weight is 863 g/mol. The van der Waals surface area contributed by atoms with Crippen molar-refractivity contribution in [2.45, 2.75) is 195 Å². The Hall–Kier alpha value is -3.34. The lowest BCUT2D eigenvalue weighted by Crippen LogP contribution is -2.51. The van der Waals surface area contributed by atoms with Crippen LogP contribution in [-0.2, 0) is 9.53 Å². The highest BCUT2D eigenvalue weighted by Gasteiger charge is 2.59. The smallest absolute Gasteiger partial charge is 0.306 e. The van der Waals surface area contributed by atoms with Crippen LogP contribution in [0, 0.1) is 46.3 Å². The molecule has 6 rings (SSSR count). The molecule has 0 heterocycles. The lowest BCUT2D eigenvalue weighted by Gasteiger charge is -2.58. The number of hydrogen-bond acceptors (Lipinski definition) is 5. The third kappa shape index (κ3) is 13.6. The highest BCUT2D eigenvalue weighted by molar-refractivity contribution is 6.07. The molecule has 0 aliphatic heterocycles. The standard InChI is InChI=1S/C58H86O5/c1-7-8-9-10-11-12-13-16-39-61-48-29-25-45(26-30-48)27-34-55(59)46-22-19-23-49(41-46)62-40-17-14-15-24-56(60)63-50-35-37-57(5)47(42-50)28-31-51-53-33-32-52(44(4)21-18-20-43(2)3)58(53,6)38-36-54(51)57/h19,22-23,25-30,34,41,43-44,50-54H,7-18,20-21,24,31-33,35-40,42H2,1-6H3/b34-27+/t44-,50+,51+,52-,53+,54+,57+,58-/m1/s1. The molecule has 63 heavy (non-hydrogen) atoms. The van der Waals surface area contributed by atoms with Crippen LogP contribution in [0.3, 0.4) is 0 Å². The summed E-state index contributed by atoms with van der Waals surface area (Å²) in [4.78, 5) is 26.0. The van der Waals surface area contributed by atoms with E-state index in [0.29, 0.717) is 29.8 Å². The fraction of sp³-hybridized carbons (Fsp3) is 0.690. The van der Waals surface area contributed by atoms with Gasteiger partial charge >= 0.3 is 5.97 Å². The van der Waals surface area contributed by atoms with Gasteiger partial charge in [0.1, 0.15) is 17.6 Å². The van der Waals surface area contributed by atoms with E-state index >= 15 is 0 Å². The van der Waals surface area contributed by atoms with Crippen LogP contribution in [0.2, 0.25) is 0 Å². The van der Waals surface area contributed by atoms with Gasteiger partial charge in [0.15, 0.2) is 5.78 Å². The minimum atomic E-state index is -0.0582. The Kier molecular flexibility index (Phi) is 18.9. The minimum Gasteiger partial charge on any atom is -0.494 e. The van der Waals surface area contributed by atoms with Gasteiger partial charge in [0.05, 0.1) is 13.2 Å². The van der Waals surface area contributed by atoms with Crippen LogP contribution >= 0.6 is 0 Å². The topological polar surface area (TPSA) is 61.8 Å². The van der Waals surface area contributed by atoms with Gasteiger partial charge in [-0.05, 0) is 153 Å². The van der Waals surface area contributed by atoms with Crippen molar-refractivity contribution in [3.63, 3.8) is 0 Å². The van der Waals surface area contributed by atoms with Gasteiger partial charge in [-0.25, -0.2) is 0 Å². The fourth-order valence-corrected chi connectivity index (χ4v) is 12.8. The summed E-state index contributed by atoms with van der Waals surface area (Å²) in [5, 5.41) is 0. The fourth-order valence-electron chi connectivity index (χ4n) is 12.8. The van der Waals surface area contributed by atoms with Gasteiger partial charge in [0, 0.05) is 18.4 Å². The predicted molar refractivity (Wildman–Crippen MR) is 261 cm³/mol. The van der Waals surface area contributed by atoms with E-state index in [1.54, 1.807) is 11.6 Å². The van der Waals surface area contributed by atoms with Crippen LogP contribution in [0.1, 0.15) is 205 Å². The quantitative estimate of drug-likeness (QED) is 0.0310. The second-order valence-corrected chi connectivity index (χ2v) is 21.4. The third-order valence-corrected chi connectivity index (χ3v) is 16.5. The van der Waals surface area contributed by atoms with Gasteiger partial charge in [-0.15, -0.1) is 0 Å². The van der Waals surface area contributed by atoms with Crippen LogP contribution in [-0.4, -0.2) is 31.1 Å². The molecule has 348 valence electrons. The van der Waals surface area contributed by atoms with Crippen LogP contribution in [0.15, 0.2) is 66.3 Å². The first-order valence-corrected chi connectivity index (χ1v) is 26.1. The summed E-state index contributed by atoms with van der Waals surface area (Å²) in [5.74, 6) is 6.49. The zero-order valence-electron chi connectivity index (χ0n) is 40.6. The van der Waals surface area contributed by atoms with Crippen molar-refractivity contribution in [3.8, 4) is 11.5 Å². The summed E-state index contributed by atoms with van der Waals surface area (Å²) < 4.78 is 18.1. The molecule has 0 saturated heterocycles.